The number of carbonyl (C=O) groups is 1. The molecule has 10 heteroatoms. The highest BCUT2D eigenvalue weighted by Gasteiger charge is 2.31. The molecule has 2 aliphatic rings. The van der Waals surface area contributed by atoms with Crippen molar-refractivity contribution >= 4 is 28.4 Å². The highest BCUT2D eigenvalue weighted by atomic mass is 16.5. The topological polar surface area (TPSA) is 119 Å². The van der Waals surface area contributed by atoms with E-state index in [1.807, 2.05) is 25.2 Å². The summed E-state index contributed by atoms with van der Waals surface area (Å²) in [6, 6.07) is 5.89. The van der Waals surface area contributed by atoms with Gasteiger partial charge in [-0.3, -0.25) is 4.79 Å². The summed E-state index contributed by atoms with van der Waals surface area (Å²) >= 11 is 0. The zero-order valence-corrected chi connectivity index (χ0v) is 18.2. The van der Waals surface area contributed by atoms with Crippen molar-refractivity contribution in [3.63, 3.8) is 0 Å². The first-order valence-electron chi connectivity index (χ1n) is 11.2. The number of carbonyl (C=O) groups excluding carboxylic acids is 1. The summed E-state index contributed by atoms with van der Waals surface area (Å²) in [4.78, 5) is 22.4. The Morgan fingerprint density at radius 1 is 1.27 bits per heavy atom. The standard InChI is InChI=1S/C23H25N7O3/c1-24-20-9-18(16-11-29(13-6-8-33-12-13)21-14(16)3-2-7-25-21)27-22-15(10-26-30(20)22)23(32)28-17-4-5-19(17)31/h2-3,7,9-11,13,17,19,24,31H,4-6,8,12H2,1H3,(H,28,32)/t13?,17-,19+/m0/s1. The Kier molecular flexibility index (Phi) is 4.77. The second-order valence-corrected chi connectivity index (χ2v) is 8.64. The molecule has 1 saturated heterocycles. The van der Waals surface area contributed by atoms with Gasteiger partial charge in [-0.25, -0.2) is 9.97 Å². The molecule has 5 heterocycles. The van der Waals surface area contributed by atoms with E-state index in [9.17, 15) is 9.90 Å². The van der Waals surface area contributed by atoms with Crippen LogP contribution in [-0.2, 0) is 4.74 Å². The van der Waals surface area contributed by atoms with Gasteiger partial charge in [0.15, 0.2) is 5.65 Å². The molecule has 170 valence electrons. The molecule has 1 saturated carbocycles. The van der Waals surface area contributed by atoms with E-state index >= 15 is 0 Å². The summed E-state index contributed by atoms with van der Waals surface area (Å²) in [6.45, 7) is 1.40. The first kappa shape index (κ1) is 20.1. The van der Waals surface area contributed by atoms with Crippen molar-refractivity contribution < 1.29 is 14.6 Å². The number of ether oxygens (including phenoxy) is 1. The van der Waals surface area contributed by atoms with Crippen molar-refractivity contribution in [2.75, 3.05) is 25.6 Å². The van der Waals surface area contributed by atoms with Gasteiger partial charge in [0, 0.05) is 43.1 Å². The van der Waals surface area contributed by atoms with Crippen LogP contribution in [0.25, 0.3) is 27.9 Å². The van der Waals surface area contributed by atoms with Crippen molar-refractivity contribution in [1.29, 1.82) is 0 Å². The molecule has 3 atom stereocenters. The third-order valence-corrected chi connectivity index (χ3v) is 6.69. The predicted octanol–water partition coefficient (Wildman–Crippen LogP) is 2.00. The van der Waals surface area contributed by atoms with Gasteiger partial charge in [-0.05, 0) is 31.4 Å². The lowest BCUT2D eigenvalue weighted by Gasteiger charge is -2.32. The molecule has 0 spiro atoms. The fourth-order valence-corrected chi connectivity index (χ4v) is 4.64. The summed E-state index contributed by atoms with van der Waals surface area (Å²) in [5, 5.41) is 21.3. The maximum Gasteiger partial charge on any atom is 0.257 e. The average Bonchev–Trinajstić information content (AvgIpc) is 3.58. The minimum Gasteiger partial charge on any atom is -0.391 e. The third-order valence-electron chi connectivity index (χ3n) is 6.69. The molecule has 0 radical (unpaired) electrons. The monoisotopic (exact) mass is 447 g/mol. The summed E-state index contributed by atoms with van der Waals surface area (Å²) in [6.07, 6.45) is 7.31. The lowest BCUT2D eigenvalue weighted by atomic mass is 9.89. The number of aromatic nitrogens is 5. The average molecular weight is 447 g/mol. The zero-order chi connectivity index (χ0) is 22.5. The number of hydrogen-bond acceptors (Lipinski definition) is 7. The SMILES string of the molecule is CNc1cc(-c2cn(C3CCOC3)c3ncccc23)nc2c(C(=O)N[C@H]3CC[C@H]3O)cnn12. The van der Waals surface area contributed by atoms with Crippen molar-refractivity contribution in [2.45, 2.75) is 37.5 Å². The van der Waals surface area contributed by atoms with Gasteiger partial charge in [0.25, 0.3) is 5.91 Å². The summed E-state index contributed by atoms with van der Waals surface area (Å²) in [5.74, 6) is 0.430. The number of nitrogens with one attached hydrogen (secondary N) is 2. The van der Waals surface area contributed by atoms with Gasteiger partial charge >= 0.3 is 0 Å². The van der Waals surface area contributed by atoms with E-state index in [1.165, 1.54) is 6.20 Å². The van der Waals surface area contributed by atoms with Crippen LogP contribution in [0, 0.1) is 0 Å². The van der Waals surface area contributed by atoms with Gasteiger partial charge in [0.1, 0.15) is 17.0 Å². The van der Waals surface area contributed by atoms with Crippen LogP contribution in [0.1, 0.15) is 35.7 Å². The molecule has 1 amide bonds. The van der Waals surface area contributed by atoms with Gasteiger partial charge in [0.2, 0.25) is 0 Å². The van der Waals surface area contributed by atoms with Crippen molar-refractivity contribution in [2.24, 2.45) is 0 Å². The van der Waals surface area contributed by atoms with Crippen molar-refractivity contribution in [3.05, 3.63) is 42.4 Å². The van der Waals surface area contributed by atoms with Crippen LogP contribution in [0.4, 0.5) is 5.82 Å². The lowest BCUT2D eigenvalue weighted by molar-refractivity contribution is 0.0448. The Labute approximate surface area is 189 Å². The molecule has 4 aromatic rings. The number of anilines is 1. The number of hydrogen-bond donors (Lipinski definition) is 3. The lowest BCUT2D eigenvalue weighted by Crippen LogP contribution is -2.50. The maximum absolute atomic E-state index is 12.9. The summed E-state index contributed by atoms with van der Waals surface area (Å²) in [5.41, 5.74) is 3.38. The molecule has 2 fully saturated rings. The van der Waals surface area contributed by atoms with Crippen LogP contribution >= 0.6 is 0 Å². The Bertz CT molecular complexity index is 1360. The zero-order valence-electron chi connectivity index (χ0n) is 18.2. The number of amides is 1. The largest absolute Gasteiger partial charge is 0.391 e. The van der Waals surface area contributed by atoms with E-state index in [-0.39, 0.29) is 18.0 Å². The number of aliphatic hydroxyl groups is 1. The molecular formula is C23H25N7O3. The molecule has 4 aromatic heterocycles. The van der Waals surface area contributed by atoms with Gasteiger partial charge in [-0.1, -0.05) is 0 Å². The van der Waals surface area contributed by atoms with Gasteiger partial charge < -0.3 is 25.0 Å². The molecule has 0 aromatic carbocycles. The van der Waals surface area contributed by atoms with Gasteiger partial charge in [0.05, 0.1) is 36.7 Å². The normalized spacial score (nSPS) is 22.5. The van der Waals surface area contributed by atoms with Crippen LogP contribution in [0.2, 0.25) is 0 Å². The van der Waals surface area contributed by atoms with Crippen LogP contribution in [0.5, 0.6) is 0 Å². The molecular weight excluding hydrogens is 422 g/mol. The second-order valence-electron chi connectivity index (χ2n) is 8.64. The number of pyridine rings is 1. The van der Waals surface area contributed by atoms with Crippen molar-refractivity contribution in [3.8, 4) is 11.3 Å². The molecule has 33 heavy (non-hydrogen) atoms. The van der Waals surface area contributed by atoms with Crippen LogP contribution in [0.15, 0.2) is 36.8 Å². The predicted molar refractivity (Wildman–Crippen MR) is 122 cm³/mol. The number of fused-ring (bicyclic) bond motifs is 2. The fraction of sp³-hybridized carbons (Fsp3) is 0.391. The Hall–Kier alpha value is -3.50. The molecule has 6 rings (SSSR count). The third kappa shape index (κ3) is 3.25. The fourth-order valence-electron chi connectivity index (χ4n) is 4.64. The number of nitrogens with zero attached hydrogens (tertiary/aromatic N) is 5. The molecule has 1 aliphatic carbocycles. The van der Waals surface area contributed by atoms with E-state index < -0.39 is 6.10 Å². The van der Waals surface area contributed by atoms with Crippen LogP contribution in [-0.4, -0.2) is 67.6 Å². The molecule has 0 bridgehead atoms. The van der Waals surface area contributed by atoms with Crippen LogP contribution < -0.4 is 10.6 Å². The Morgan fingerprint density at radius 3 is 2.91 bits per heavy atom. The number of aliphatic hydroxyl groups excluding tert-OH is 1. The van der Waals surface area contributed by atoms with E-state index in [1.54, 1.807) is 10.7 Å². The second kappa shape index (κ2) is 7.82. The minimum atomic E-state index is -0.495. The smallest absolute Gasteiger partial charge is 0.257 e. The van der Waals surface area contributed by atoms with E-state index in [2.05, 4.69) is 31.5 Å². The first-order valence-corrected chi connectivity index (χ1v) is 11.2. The molecule has 10 nitrogen and oxygen atoms in total. The highest BCUT2D eigenvalue weighted by Crippen LogP contribution is 2.34. The summed E-state index contributed by atoms with van der Waals surface area (Å²) in [7, 11) is 1.81. The maximum atomic E-state index is 12.9. The number of rotatable bonds is 5. The first-order chi connectivity index (χ1) is 16.1. The Morgan fingerprint density at radius 2 is 2.18 bits per heavy atom. The van der Waals surface area contributed by atoms with Crippen molar-refractivity contribution in [1.82, 2.24) is 29.5 Å². The molecule has 3 N–H and O–H groups in total. The van der Waals surface area contributed by atoms with E-state index in [0.29, 0.717) is 30.1 Å². The van der Waals surface area contributed by atoms with E-state index in [0.717, 1.165) is 41.7 Å². The minimum absolute atomic E-state index is 0.225. The Balaban J connectivity index is 1.48. The van der Waals surface area contributed by atoms with Gasteiger partial charge in [-0.2, -0.15) is 9.61 Å². The highest BCUT2D eigenvalue weighted by molar-refractivity contribution is 6.01. The summed E-state index contributed by atoms with van der Waals surface area (Å²) < 4.78 is 9.40. The van der Waals surface area contributed by atoms with Crippen LogP contribution in [0.3, 0.4) is 0 Å². The molecule has 1 unspecified atom stereocenters. The molecule has 1 aliphatic heterocycles. The van der Waals surface area contributed by atoms with Gasteiger partial charge in [-0.15, -0.1) is 0 Å². The van der Waals surface area contributed by atoms with E-state index in [4.69, 9.17) is 9.72 Å². The quantitative estimate of drug-likeness (QED) is 0.428.